The Morgan fingerprint density at radius 3 is 1.86 bits per heavy atom. The van der Waals surface area contributed by atoms with Crippen LogP contribution < -0.4 is 4.72 Å². The first kappa shape index (κ1) is 17.7. The van der Waals surface area contributed by atoms with Crippen LogP contribution in [0.4, 0.5) is 0 Å². The van der Waals surface area contributed by atoms with Gasteiger partial charge < -0.3 is 4.55 Å². The zero-order valence-corrected chi connectivity index (χ0v) is 10.6. The minimum absolute atomic E-state index is 0. The summed E-state index contributed by atoms with van der Waals surface area (Å²) in [5.41, 5.74) is 0. The van der Waals surface area contributed by atoms with Gasteiger partial charge in [-0.3, -0.25) is 8.93 Å². The minimum Gasteiger partial charge on any atom is -0.760 e. The van der Waals surface area contributed by atoms with Crippen LogP contribution in [0.3, 0.4) is 0 Å². The van der Waals surface area contributed by atoms with Crippen LogP contribution in [0.1, 0.15) is 39.5 Å². The maximum absolute atomic E-state index is 9.26. The second-order valence-corrected chi connectivity index (χ2v) is 4.61. The maximum atomic E-state index is 9.26. The molecule has 0 radical (unpaired) electrons. The minimum atomic E-state index is -2.07. The summed E-state index contributed by atoms with van der Waals surface area (Å²) >= 11 is -2.07. The normalized spacial score (nSPS) is 18.4. The zero-order chi connectivity index (χ0) is 10.3. The van der Waals surface area contributed by atoms with Gasteiger partial charge in [0.1, 0.15) is 0 Å². The van der Waals surface area contributed by atoms with E-state index in [9.17, 15) is 8.76 Å². The van der Waals surface area contributed by atoms with E-state index in [0.717, 1.165) is 11.8 Å². The van der Waals surface area contributed by atoms with E-state index >= 15 is 0 Å². The summed E-state index contributed by atoms with van der Waals surface area (Å²) in [5.74, 6) is 2.01. The fraction of sp³-hybridized carbons (Fsp3) is 1.00. The number of hydrogen-bond acceptors (Lipinski definition) is 2. The van der Waals surface area contributed by atoms with Crippen molar-refractivity contribution in [2.45, 2.75) is 39.5 Å². The predicted molar refractivity (Wildman–Crippen MR) is 54.8 cm³/mol. The second kappa shape index (κ2) is 10.8. The average molecular weight is 246 g/mol. The van der Waals surface area contributed by atoms with E-state index in [1.54, 1.807) is 0 Å². The van der Waals surface area contributed by atoms with Crippen LogP contribution in [-0.2, 0) is 11.3 Å². The van der Waals surface area contributed by atoms with Crippen LogP contribution in [0.15, 0.2) is 0 Å². The van der Waals surface area contributed by atoms with Gasteiger partial charge >= 0.3 is 0 Å². The van der Waals surface area contributed by atoms with Gasteiger partial charge in [0.05, 0.1) is 0 Å². The van der Waals surface area contributed by atoms with E-state index < -0.39 is 11.3 Å². The Balaban J connectivity index is 0. The van der Waals surface area contributed by atoms with E-state index in [0.29, 0.717) is 0 Å². The Bertz CT molecular complexity index is 150. The molecule has 1 N–H and O–H groups in total. The van der Waals surface area contributed by atoms with Crippen molar-refractivity contribution in [3.8, 4) is 0 Å². The second-order valence-electron chi connectivity index (χ2n) is 3.73. The average Bonchev–Trinajstić information content (AvgIpc) is 2.57. The first-order valence-corrected chi connectivity index (χ1v) is 5.92. The van der Waals surface area contributed by atoms with Gasteiger partial charge in [0.2, 0.25) is 0 Å². The maximum Gasteiger partial charge on any atom is 0.0178 e. The van der Waals surface area contributed by atoms with Crippen molar-refractivity contribution in [2.75, 3.05) is 7.05 Å². The van der Waals surface area contributed by atoms with Gasteiger partial charge in [0, 0.05) is 49.0 Å². The smallest absolute Gasteiger partial charge is 0.0178 e. The standard InChI is InChI=1S/C8H16.CH5NO2S.Ar/c1-7(2)8-5-3-4-6-8;1-2-5(3)4;/h7-8H,3-6H2,1-2H3;2H,1H3,(H,3,4);/p-1. The molecule has 0 aromatic heterocycles. The molecule has 1 aliphatic rings. The molecule has 0 aromatic rings. The number of hydrogen-bond donors (Lipinski definition) is 1. The molecule has 0 spiro atoms. The van der Waals surface area contributed by atoms with Gasteiger partial charge in [-0.2, -0.15) is 0 Å². The Kier molecular flexibility index (Phi) is 13.7. The van der Waals surface area contributed by atoms with Crippen molar-refractivity contribution < 1.29 is 46.5 Å². The summed E-state index contributed by atoms with van der Waals surface area (Å²) in [7, 11) is 1.34. The zero-order valence-electron chi connectivity index (χ0n) is 9.06. The molecule has 1 unspecified atom stereocenters. The molecule has 1 saturated carbocycles. The fourth-order valence-corrected chi connectivity index (χ4v) is 1.62. The van der Waals surface area contributed by atoms with Crippen LogP contribution in [0.25, 0.3) is 0 Å². The largest absolute Gasteiger partial charge is 0.760 e. The van der Waals surface area contributed by atoms with Crippen molar-refractivity contribution in [2.24, 2.45) is 11.8 Å². The van der Waals surface area contributed by atoms with Gasteiger partial charge in [-0.15, -0.1) is 0 Å². The van der Waals surface area contributed by atoms with Gasteiger partial charge in [-0.05, 0) is 18.9 Å². The fourth-order valence-electron chi connectivity index (χ4n) is 1.62. The van der Waals surface area contributed by atoms with Crippen molar-refractivity contribution in [1.29, 1.82) is 0 Å². The monoisotopic (exact) mass is 246 g/mol. The number of rotatable bonds is 2. The van der Waals surface area contributed by atoms with E-state index in [1.165, 1.54) is 32.7 Å². The van der Waals surface area contributed by atoms with E-state index in [1.807, 2.05) is 4.72 Å². The predicted octanol–water partition coefficient (Wildman–Crippen LogP) is 1.83. The Labute approximate surface area is 120 Å². The van der Waals surface area contributed by atoms with Crippen molar-refractivity contribution in [1.82, 2.24) is 4.72 Å². The third kappa shape index (κ3) is 9.87. The summed E-state index contributed by atoms with van der Waals surface area (Å²) in [6, 6.07) is 0. The summed E-state index contributed by atoms with van der Waals surface area (Å²) in [4.78, 5) is 0. The van der Waals surface area contributed by atoms with Crippen molar-refractivity contribution >= 4 is 11.3 Å². The molecule has 1 aliphatic carbocycles. The summed E-state index contributed by atoms with van der Waals surface area (Å²) in [6.07, 6.45) is 5.97. The van der Waals surface area contributed by atoms with Crippen molar-refractivity contribution in [3.63, 3.8) is 0 Å². The van der Waals surface area contributed by atoms with Crippen LogP contribution in [-0.4, -0.2) is 15.8 Å². The first-order chi connectivity index (χ1) is 6.07. The van der Waals surface area contributed by atoms with Crippen LogP contribution >= 0.6 is 0 Å². The molecule has 88 valence electrons. The Hall–Kier alpha value is 1.33. The third-order valence-electron chi connectivity index (χ3n) is 2.51. The third-order valence-corrected chi connectivity index (χ3v) is 2.84. The van der Waals surface area contributed by atoms with Gasteiger partial charge in [0.25, 0.3) is 0 Å². The molecule has 3 nitrogen and oxygen atoms in total. The summed E-state index contributed by atoms with van der Waals surface area (Å²) in [5, 5.41) is 0. The molecule has 0 amide bonds. The molecule has 1 rings (SSSR count). The number of nitrogens with one attached hydrogen (secondary N) is 1. The molecule has 0 aromatic carbocycles. The van der Waals surface area contributed by atoms with Gasteiger partial charge in [0.15, 0.2) is 0 Å². The van der Waals surface area contributed by atoms with Gasteiger partial charge in [-0.25, -0.2) is 0 Å². The summed E-state index contributed by atoms with van der Waals surface area (Å²) < 4.78 is 20.5. The van der Waals surface area contributed by atoms with Crippen LogP contribution in [0, 0.1) is 49.6 Å². The molecule has 0 bridgehead atoms. The molecular weight excluding hydrogens is 226 g/mol. The Morgan fingerprint density at radius 2 is 1.71 bits per heavy atom. The SMILES string of the molecule is CC(C)C1CCCC1.CNS(=O)[O-].[Ar]. The quantitative estimate of drug-likeness (QED) is 0.756. The summed E-state index contributed by atoms with van der Waals surface area (Å²) in [6.45, 7) is 4.69. The van der Waals surface area contributed by atoms with E-state index in [2.05, 4.69) is 13.8 Å². The van der Waals surface area contributed by atoms with Crippen molar-refractivity contribution in [3.05, 3.63) is 0 Å². The topological polar surface area (TPSA) is 52.2 Å². The molecule has 14 heavy (non-hydrogen) atoms. The van der Waals surface area contributed by atoms with Gasteiger partial charge in [-0.1, -0.05) is 39.5 Å². The molecule has 0 saturated heterocycles. The van der Waals surface area contributed by atoms with E-state index in [-0.39, 0.29) is 37.7 Å². The molecule has 0 aliphatic heterocycles. The Morgan fingerprint density at radius 1 is 1.36 bits per heavy atom. The molecular formula is C9H20ArNO2S-. The van der Waals surface area contributed by atoms with Crippen LogP contribution in [0.2, 0.25) is 0 Å². The molecule has 0 heterocycles. The van der Waals surface area contributed by atoms with Crippen LogP contribution in [0.5, 0.6) is 0 Å². The molecule has 5 heteroatoms. The molecule has 1 atom stereocenters. The van der Waals surface area contributed by atoms with E-state index in [4.69, 9.17) is 0 Å². The molecule has 1 fully saturated rings. The first-order valence-electron chi connectivity index (χ1n) is 4.84.